The van der Waals surface area contributed by atoms with Crippen molar-refractivity contribution in [3.63, 3.8) is 0 Å². The molecule has 3 rings (SSSR count). The van der Waals surface area contributed by atoms with Gasteiger partial charge in [0.15, 0.2) is 0 Å². The summed E-state index contributed by atoms with van der Waals surface area (Å²) in [5.41, 5.74) is 8.95. The number of hydrogen-bond donors (Lipinski definition) is 2. The highest BCUT2D eigenvalue weighted by atomic mass is 16.1. The zero-order valence-electron chi connectivity index (χ0n) is 15.4. The molecule has 2 aliphatic rings. The van der Waals surface area contributed by atoms with E-state index in [-0.39, 0.29) is 23.4 Å². The van der Waals surface area contributed by atoms with Crippen LogP contribution in [-0.4, -0.2) is 33.1 Å². The Hall–Kier alpha value is -2.37. The van der Waals surface area contributed by atoms with E-state index in [1.165, 1.54) is 0 Å². The number of aryl methyl sites for hydroxylation is 1. The van der Waals surface area contributed by atoms with E-state index in [0.717, 1.165) is 29.9 Å². The predicted octanol–water partition coefficient (Wildman–Crippen LogP) is 2.05. The second-order valence-electron chi connectivity index (χ2n) is 7.47. The van der Waals surface area contributed by atoms with E-state index in [2.05, 4.69) is 35.5 Å². The van der Waals surface area contributed by atoms with Crippen molar-refractivity contribution in [3.05, 3.63) is 41.3 Å². The van der Waals surface area contributed by atoms with Crippen molar-refractivity contribution in [2.45, 2.75) is 64.6 Å². The molecular formula is C19H27N5O. The second kappa shape index (κ2) is 6.50. The molecule has 134 valence electrons. The number of nitrogens with one attached hydrogen (secondary N) is 1. The number of amidine groups is 1. The fourth-order valence-electron chi connectivity index (χ4n) is 3.78. The van der Waals surface area contributed by atoms with E-state index in [1.807, 2.05) is 24.6 Å². The maximum atomic E-state index is 11.6. The summed E-state index contributed by atoms with van der Waals surface area (Å²) in [6.45, 7) is 8.59. The van der Waals surface area contributed by atoms with Crippen LogP contribution in [0.3, 0.4) is 0 Å². The van der Waals surface area contributed by atoms with Gasteiger partial charge in [-0.1, -0.05) is 31.2 Å². The Kier molecular flexibility index (Phi) is 4.54. The standard InChI is InChI=1S/C19H27N5O/c1-5-10-24-15(11-19(3,4)22-12(2)25)16-13-8-6-7-9-14(13)21-18(20)17(16)23-24/h6-9,13-14H,5,10-11H2,1-4H3,(H2,20,21)(H,22,25). The van der Waals surface area contributed by atoms with Gasteiger partial charge in [0.2, 0.25) is 5.91 Å². The Labute approximate surface area is 148 Å². The number of aliphatic imine (C=N–C) groups is 1. The number of aromatic nitrogens is 2. The molecular weight excluding hydrogens is 314 g/mol. The molecule has 1 aromatic heterocycles. The van der Waals surface area contributed by atoms with Crippen LogP contribution in [-0.2, 0) is 17.8 Å². The molecule has 3 N–H and O–H groups in total. The van der Waals surface area contributed by atoms with Crippen LogP contribution < -0.4 is 11.1 Å². The average molecular weight is 341 g/mol. The van der Waals surface area contributed by atoms with Crippen LogP contribution in [0.1, 0.15) is 57.0 Å². The maximum Gasteiger partial charge on any atom is 0.217 e. The van der Waals surface area contributed by atoms with Gasteiger partial charge in [0.25, 0.3) is 0 Å². The van der Waals surface area contributed by atoms with E-state index in [0.29, 0.717) is 12.3 Å². The van der Waals surface area contributed by atoms with Crippen molar-refractivity contribution >= 4 is 11.7 Å². The molecule has 2 atom stereocenters. The van der Waals surface area contributed by atoms with Crippen LogP contribution >= 0.6 is 0 Å². The molecule has 25 heavy (non-hydrogen) atoms. The number of hydrogen-bond acceptors (Lipinski definition) is 4. The van der Waals surface area contributed by atoms with Gasteiger partial charge in [0, 0.05) is 42.6 Å². The molecule has 6 nitrogen and oxygen atoms in total. The van der Waals surface area contributed by atoms with Crippen LogP contribution in [0.15, 0.2) is 29.3 Å². The van der Waals surface area contributed by atoms with Crippen molar-refractivity contribution in [1.82, 2.24) is 15.1 Å². The van der Waals surface area contributed by atoms with Gasteiger partial charge in [-0.05, 0) is 20.3 Å². The van der Waals surface area contributed by atoms with E-state index < -0.39 is 0 Å². The molecule has 2 heterocycles. The molecule has 1 aliphatic carbocycles. The van der Waals surface area contributed by atoms with Gasteiger partial charge < -0.3 is 11.1 Å². The van der Waals surface area contributed by atoms with E-state index >= 15 is 0 Å². The molecule has 0 spiro atoms. The zero-order valence-corrected chi connectivity index (χ0v) is 15.4. The van der Waals surface area contributed by atoms with E-state index in [1.54, 1.807) is 6.92 Å². The lowest BCUT2D eigenvalue weighted by Gasteiger charge is -2.30. The minimum atomic E-state index is -0.363. The Morgan fingerprint density at radius 2 is 2.08 bits per heavy atom. The number of nitrogens with zero attached hydrogens (tertiary/aromatic N) is 3. The second-order valence-corrected chi connectivity index (χ2v) is 7.47. The molecule has 0 saturated carbocycles. The van der Waals surface area contributed by atoms with Gasteiger partial charge >= 0.3 is 0 Å². The number of amides is 1. The molecule has 1 aliphatic heterocycles. The van der Waals surface area contributed by atoms with Crippen molar-refractivity contribution < 1.29 is 4.79 Å². The molecule has 1 amide bonds. The van der Waals surface area contributed by atoms with Crippen molar-refractivity contribution in [2.75, 3.05) is 0 Å². The minimum absolute atomic E-state index is 0.0272. The molecule has 0 aromatic carbocycles. The summed E-state index contributed by atoms with van der Waals surface area (Å²) < 4.78 is 2.05. The highest BCUT2D eigenvalue weighted by Gasteiger charge is 2.36. The number of carbonyl (C=O) groups is 1. The number of allylic oxidation sites excluding steroid dienone is 2. The van der Waals surface area contributed by atoms with Gasteiger partial charge in [0.1, 0.15) is 11.5 Å². The first-order chi connectivity index (χ1) is 11.8. The first-order valence-electron chi connectivity index (χ1n) is 8.89. The Morgan fingerprint density at radius 1 is 1.36 bits per heavy atom. The Bertz CT molecular complexity index is 769. The molecule has 6 heteroatoms. The lowest BCUT2D eigenvalue weighted by atomic mass is 9.82. The predicted molar refractivity (Wildman–Crippen MR) is 99.7 cm³/mol. The minimum Gasteiger partial charge on any atom is -0.382 e. The summed E-state index contributed by atoms with van der Waals surface area (Å²) in [5, 5.41) is 7.81. The smallest absolute Gasteiger partial charge is 0.217 e. The quantitative estimate of drug-likeness (QED) is 0.859. The summed E-state index contributed by atoms with van der Waals surface area (Å²) in [6, 6.07) is 0.0272. The molecule has 0 saturated heterocycles. The lowest BCUT2D eigenvalue weighted by Crippen LogP contribution is -2.44. The Balaban J connectivity index is 2.08. The third-order valence-corrected chi connectivity index (χ3v) is 4.63. The molecule has 0 bridgehead atoms. The monoisotopic (exact) mass is 341 g/mol. The first kappa shape index (κ1) is 17.5. The van der Waals surface area contributed by atoms with Crippen molar-refractivity contribution in [3.8, 4) is 0 Å². The van der Waals surface area contributed by atoms with Gasteiger partial charge in [-0.15, -0.1) is 0 Å². The third-order valence-electron chi connectivity index (χ3n) is 4.63. The number of nitrogens with two attached hydrogens (primary N) is 1. The summed E-state index contributed by atoms with van der Waals surface area (Å²) in [4.78, 5) is 16.2. The van der Waals surface area contributed by atoms with Crippen LogP contribution in [0.25, 0.3) is 0 Å². The van der Waals surface area contributed by atoms with Crippen LogP contribution in [0.2, 0.25) is 0 Å². The maximum absolute atomic E-state index is 11.6. The molecule has 0 fully saturated rings. The zero-order chi connectivity index (χ0) is 18.2. The SMILES string of the molecule is CCCn1nc2c(c1CC(C)(C)NC(C)=O)C1C=CC=CC1N=C2N. The van der Waals surface area contributed by atoms with Crippen LogP contribution in [0.5, 0.6) is 0 Å². The van der Waals surface area contributed by atoms with E-state index in [9.17, 15) is 4.79 Å². The van der Waals surface area contributed by atoms with Gasteiger partial charge in [-0.25, -0.2) is 0 Å². The summed E-state index contributed by atoms with van der Waals surface area (Å²) >= 11 is 0. The average Bonchev–Trinajstić information content (AvgIpc) is 2.85. The molecule has 0 radical (unpaired) electrons. The third kappa shape index (κ3) is 3.38. The van der Waals surface area contributed by atoms with Crippen LogP contribution in [0, 0.1) is 0 Å². The summed E-state index contributed by atoms with van der Waals surface area (Å²) in [6.07, 6.45) is 10.0. The largest absolute Gasteiger partial charge is 0.382 e. The normalized spacial score (nSPS) is 21.5. The summed E-state index contributed by atoms with van der Waals surface area (Å²) in [7, 11) is 0. The number of carbonyl (C=O) groups excluding carboxylic acids is 1. The lowest BCUT2D eigenvalue weighted by molar-refractivity contribution is -0.120. The fourth-order valence-corrected chi connectivity index (χ4v) is 3.78. The first-order valence-corrected chi connectivity index (χ1v) is 8.89. The Morgan fingerprint density at radius 3 is 2.76 bits per heavy atom. The highest BCUT2D eigenvalue weighted by Crippen LogP contribution is 2.37. The van der Waals surface area contributed by atoms with Gasteiger partial charge in [0.05, 0.1) is 6.04 Å². The summed E-state index contributed by atoms with van der Waals surface area (Å²) in [5.74, 6) is 0.630. The fraction of sp³-hybridized carbons (Fsp3) is 0.526. The number of fused-ring (bicyclic) bond motifs is 3. The van der Waals surface area contributed by atoms with E-state index in [4.69, 9.17) is 10.8 Å². The molecule has 2 unspecified atom stereocenters. The van der Waals surface area contributed by atoms with Gasteiger partial charge in [-0.2, -0.15) is 5.10 Å². The number of rotatable bonds is 5. The van der Waals surface area contributed by atoms with Gasteiger partial charge in [-0.3, -0.25) is 14.5 Å². The topological polar surface area (TPSA) is 85.3 Å². The molecule has 1 aromatic rings. The van der Waals surface area contributed by atoms with Crippen molar-refractivity contribution in [1.29, 1.82) is 0 Å². The van der Waals surface area contributed by atoms with Crippen molar-refractivity contribution in [2.24, 2.45) is 10.7 Å². The van der Waals surface area contributed by atoms with Crippen LogP contribution in [0.4, 0.5) is 0 Å². The highest BCUT2D eigenvalue weighted by molar-refractivity contribution is 5.99.